The number of hydrogen-bond acceptors (Lipinski definition) is 1. The van der Waals surface area contributed by atoms with E-state index in [9.17, 15) is 17.6 Å². The maximum absolute atomic E-state index is 13.7. The van der Waals surface area contributed by atoms with Crippen LogP contribution >= 0.6 is 11.6 Å². The standard InChI is InChI=1S/C16H11ClF4O/c17-7-9-5-12-10(6-14(9)18)8-22-15(12)11-3-1-2-4-13(11)16(19,20)21/h1-6,15H,7-8H2. The minimum absolute atomic E-state index is 0.0286. The molecule has 1 unspecified atom stereocenters. The number of alkyl halides is 4. The molecule has 1 heterocycles. The second-order valence-corrected chi connectivity index (χ2v) is 5.32. The van der Waals surface area contributed by atoms with Gasteiger partial charge >= 0.3 is 6.18 Å². The Morgan fingerprint density at radius 2 is 1.86 bits per heavy atom. The average molecular weight is 331 g/mol. The van der Waals surface area contributed by atoms with Gasteiger partial charge in [-0.1, -0.05) is 18.2 Å². The Kier molecular flexibility index (Phi) is 3.87. The molecule has 1 aliphatic heterocycles. The normalized spacial score (nSPS) is 17.6. The van der Waals surface area contributed by atoms with Crippen LogP contribution in [0.15, 0.2) is 36.4 Å². The summed E-state index contributed by atoms with van der Waals surface area (Å²) in [6.07, 6.45) is -5.34. The van der Waals surface area contributed by atoms with Crippen LogP contribution in [0.3, 0.4) is 0 Å². The summed E-state index contributed by atoms with van der Waals surface area (Å²) in [5, 5.41) is 0. The number of hydrogen-bond donors (Lipinski definition) is 0. The summed E-state index contributed by atoms with van der Waals surface area (Å²) < 4.78 is 58.7. The molecule has 0 saturated heterocycles. The second-order valence-electron chi connectivity index (χ2n) is 5.05. The van der Waals surface area contributed by atoms with Crippen LogP contribution in [-0.4, -0.2) is 0 Å². The monoisotopic (exact) mass is 330 g/mol. The molecule has 6 heteroatoms. The van der Waals surface area contributed by atoms with Gasteiger partial charge in [0.05, 0.1) is 18.1 Å². The van der Waals surface area contributed by atoms with E-state index in [4.69, 9.17) is 16.3 Å². The predicted octanol–water partition coefficient (Wildman–Crippen LogP) is 5.20. The fourth-order valence-electron chi connectivity index (χ4n) is 2.65. The molecule has 1 nitrogen and oxygen atoms in total. The fourth-order valence-corrected chi connectivity index (χ4v) is 2.86. The van der Waals surface area contributed by atoms with E-state index in [-0.39, 0.29) is 23.6 Å². The molecule has 0 saturated carbocycles. The maximum atomic E-state index is 13.7. The van der Waals surface area contributed by atoms with Gasteiger partial charge < -0.3 is 4.74 Å². The zero-order chi connectivity index (χ0) is 15.9. The van der Waals surface area contributed by atoms with Gasteiger partial charge in [0.25, 0.3) is 0 Å². The molecule has 3 rings (SSSR count). The van der Waals surface area contributed by atoms with Crippen LogP contribution in [-0.2, 0) is 23.4 Å². The highest BCUT2D eigenvalue weighted by Gasteiger charge is 2.37. The smallest absolute Gasteiger partial charge is 0.364 e. The minimum atomic E-state index is -4.47. The van der Waals surface area contributed by atoms with Crippen molar-refractivity contribution in [3.05, 3.63) is 70.0 Å². The Morgan fingerprint density at radius 3 is 2.55 bits per heavy atom. The lowest BCUT2D eigenvalue weighted by atomic mass is 9.94. The van der Waals surface area contributed by atoms with E-state index < -0.39 is 23.7 Å². The minimum Gasteiger partial charge on any atom is -0.364 e. The van der Waals surface area contributed by atoms with Gasteiger partial charge in [0.15, 0.2) is 0 Å². The first kappa shape index (κ1) is 15.3. The van der Waals surface area contributed by atoms with Crippen molar-refractivity contribution in [2.24, 2.45) is 0 Å². The maximum Gasteiger partial charge on any atom is 0.416 e. The van der Waals surface area contributed by atoms with Crippen molar-refractivity contribution in [3.63, 3.8) is 0 Å². The molecule has 2 aromatic carbocycles. The molecule has 0 amide bonds. The predicted molar refractivity (Wildman–Crippen MR) is 74.0 cm³/mol. The first-order valence-electron chi connectivity index (χ1n) is 6.56. The van der Waals surface area contributed by atoms with E-state index in [0.29, 0.717) is 11.1 Å². The number of fused-ring (bicyclic) bond motifs is 1. The fraction of sp³-hybridized carbons (Fsp3) is 0.250. The van der Waals surface area contributed by atoms with Crippen molar-refractivity contribution in [2.75, 3.05) is 0 Å². The van der Waals surface area contributed by atoms with Crippen LogP contribution in [0.1, 0.15) is 33.9 Å². The Labute approximate surface area is 129 Å². The molecule has 0 spiro atoms. The first-order chi connectivity index (χ1) is 10.4. The number of benzene rings is 2. The van der Waals surface area contributed by atoms with Crippen LogP contribution in [0.5, 0.6) is 0 Å². The van der Waals surface area contributed by atoms with Gasteiger partial charge in [-0.15, -0.1) is 11.6 Å². The Morgan fingerprint density at radius 1 is 1.14 bits per heavy atom. The topological polar surface area (TPSA) is 9.23 Å². The van der Waals surface area contributed by atoms with Gasteiger partial charge in [0.2, 0.25) is 0 Å². The van der Waals surface area contributed by atoms with Crippen molar-refractivity contribution >= 4 is 11.6 Å². The molecule has 0 aliphatic carbocycles. The largest absolute Gasteiger partial charge is 0.416 e. The molecule has 116 valence electrons. The first-order valence-corrected chi connectivity index (χ1v) is 7.10. The molecule has 1 atom stereocenters. The van der Waals surface area contributed by atoms with Gasteiger partial charge in [0.1, 0.15) is 11.9 Å². The van der Waals surface area contributed by atoms with E-state index in [0.717, 1.165) is 6.07 Å². The summed E-state index contributed by atoms with van der Waals surface area (Å²) in [5.74, 6) is -0.519. The van der Waals surface area contributed by atoms with Gasteiger partial charge in [-0.2, -0.15) is 13.2 Å². The lowest BCUT2D eigenvalue weighted by Gasteiger charge is -2.18. The molecular formula is C16H11ClF4O. The highest BCUT2D eigenvalue weighted by Crippen LogP contribution is 2.42. The molecule has 0 bridgehead atoms. The number of rotatable bonds is 2. The lowest BCUT2D eigenvalue weighted by molar-refractivity contribution is -0.139. The third-order valence-corrected chi connectivity index (χ3v) is 3.98. The summed E-state index contributed by atoms with van der Waals surface area (Å²) in [4.78, 5) is 0. The zero-order valence-electron chi connectivity index (χ0n) is 11.3. The summed E-state index contributed by atoms with van der Waals surface area (Å²) in [6, 6.07) is 8.02. The molecular weight excluding hydrogens is 320 g/mol. The summed E-state index contributed by atoms with van der Waals surface area (Å²) in [5.41, 5.74) is 0.618. The van der Waals surface area contributed by atoms with Crippen molar-refractivity contribution in [1.29, 1.82) is 0 Å². The zero-order valence-corrected chi connectivity index (χ0v) is 12.0. The van der Waals surface area contributed by atoms with Gasteiger partial charge in [-0.05, 0) is 34.9 Å². The van der Waals surface area contributed by atoms with E-state index in [2.05, 4.69) is 0 Å². The third-order valence-electron chi connectivity index (χ3n) is 3.69. The van der Waals surface area contributed by atoms with Crippen molar-refractivity contribution in [1.82, 2.24) is 0 Å². The van der Waals surface area contributed by atoms with Crippen molar-refractivity contribution < 1.29 is 22.3 Å². The average Bonchev–Trinajstić information content (AvgIpc) is 2.88. The molecule has 0 aromatic heterocycles. The second kappa shape index (κ2) is 5.56. The molecule has 0 N–H and O–H groups in total. The molecule has 0 fully saturated rings. The third kappa shape index (κ3) is 2.59. The van der Waals surface area contributed by atoms with E-state index in [1.165, 1.54) is 30.3 Å². The molecule has 2 aromatic rings. The Balaban J connectivity index is 2.11. The van der Waals surface area contributed by atoms with Gasteiger partial charge in [0, 0.05) is 5.56 Å². The van der Waals surface area contributed by atoms with E-state index in [1.807, 2.05) is 0 Å². The highest BCUT2D eigenvalue weighted by molar-refractivity contribution is 6.17. The Hall–Kier alpha value is -1.59. The lowest BCUT2D eigenvalue weighted by Crippen LogP contribution is -2.12. The van der Waals surface area contributed by atoms with Crippen LogP contribution < -0.4 is 0 Å². The summed E-state index contributed by atoms with van der Waals surface area (Å²) >= 11 is 5.67. The summed E-state index contributed by atoms with van der Waals surface area (Å²) in [7, 11) is 0. The van der Waals surface area contributed by atoms with Crippen LogP contribution in [0.4, 0.5) is 17.6 Å². The highest BCUT2D eigenvalue weighted by atomic mass is 35.5. The van der Waals surface area contributed by atoms with Gasteiger partial charge in [-0.25, -0.2) is 4.39 Å². The number of halogens is 5. The SMILES string of the molecule is Fc1cc2c(cc1CCl)C(c1ccccc1C(F)(F)F)OC2. The molecule has 0 radical (unpaired) electrons. The van der Waals surface area contributed by atoms with Crippen molar-refractivity contribution in [2.45, 2.75) is 24.8 Å². The van der Waals surface area contributed by atoms with Crippen molar-refractivity contribution in [3.8, 4) is 0 Å². The van der Waals surface area contributed by atoms with E-state index in [1.54, 1.807) is 0 Å². The van der Waals surface area contributed by atoms with E-state index >= 15 is 0 Å². The molecule has 22 heavy (non-hydrogen) atoms. The number of ether oxygens (including phenoxy) is 1. The van der Waals surface area contributed by atoms with Crippen LogP contribution in [0.2, 0.25) is 0 Å². The molecule has 1 aliphatic rings. The summed E-state index contributed by atoms with van der Waals surface area (Å²) in [6.45, 7) is 0.0751. The van der Waals surface area contributed by atoms with Crippen LogP contribution in [0, 0.1) is 5.82 Å². The quantitative estimate of drug-likeness (QED) is 0.543. The van der Waals surface area contributed by atoms with Gasteiger partial charge in [-0.3, -0.25) is 0 Å². The van der Waals surface area contributed by atoms with Crippen LogP contribution in [0.25, 0.3) is 0 Å². The Bertz CT molecular complexity index is 712.